The third-order valence-electron chi connectivity index (χ3n) is 2.67. The highest BCUT2D eigenvalue weighted by molar-refractivity contribution is 5.94. The molecule has 20 heavy (non-hydrogen) atoms. The van der Waals surface area contributed by atoms with Crippen molar-refractivity contribution in [2.45, 2.75) is 6.42 Å². The lowest BCUT2D eigenvalue weighted by Crippen LogP contribution is -2.30. The molecule has 1 rings (SSSR count). The van der Waals surface area contributed by atoms with Gasteiger partial charge in [0.25, 0.3) is 0 Å². The fourth-order valence-corrected chi connectivity index (χ4v) is 1.61. The fourth-order valence-electron chi connectivity index (χ4n) is 1.61. The average Bonchev–Trinajstić information content (AvgIpc) is 2.50. The molecule has 0 aliphatic rings. The number of ether oxygens (including phenoxy) is 2. The molecule has 0 aliphatic carbocycles. The lowest BCUT2D eigenvalue weighted by Gasteiger charge is -2.23. The highest BCUT2D eigenvalue weighted by Gasteiger charge is 2.09. The number of anilines is 1. The molecule has 0 spiro atoms. The first-order valence-corrected chi connectivity index (χ1v) is 6.25. The molecule has 0 saturated heterocycles. The number of methoxy groups -OCH3 is 2. The van der Waals surface area contributed by atoms with E-state index in [0.29, 0.717) is 31.3 Å². The molecule has 0 bridgehead atoms. The highest BCUT2D eigenvalue weighted by Crippen LogP contribution is 2.09. The molecule has 0 fully saturated rings. The maximum atomic E-state index is 8.58. The third-order valence-corrected chi connectivity index (χ3v) is 2.67. The van der Waals surface area contributed by atoms with E-state index in [1.165, 1.54) is 6.20 Å². The Morgan fingerprint density at radius 2 is 2.00 bits per heavy atom. The standard InChI is InChI=1S/C12H21N5O3/c1-19-6-3-4-17(5-7-20-2)11-9-14-10(8-15-11)12(13)16-18/h8-9,18H,3-7H2,1-2H3,(H2,13,16). The summed E-state index contributed by atoms with van der Waals surface area (Å²) in [6.45, 7) is 2.77. The second-order valence-electron chi connectivity index (χ2n) is 4.07. The van der Waals surface area contributed by atoms with E-state index in [4.69, 9.17) is 20.4 Å². The van der Waals surface area contributed by atoms with Gasteiger partial charge in [-0.05, 0) is 6.42 Å². The molecule has 1 aromatic rings. The largest absolute Gasteiger partial charge is 0.409 e. The van der Waals surface area contributed by atoms with Crippen molar-refractivity contribution in [2.24, 2.45) is 10.9 Å². The van der Waals surface area contributed by atoms with E-state index >= 15 is 0 Å². The Morgan fingerprint density at radius 3 is 2.55 bits per heavy atom. The van der Waals surface area contributed by atoms with Gasteiger partial charge in [0, 0.05) is 33.9 Å². The van der Waals surface area contributed by atoms with Crippen LogP contribution in [0.15, 0.2) is 17.5 Å². The molecule has 0 atom stereocenters. The van der Waals surface area contributed by atoms with E-state index in [0.717, 1.165) is 13.0 Å². The summed E-state index contributed by atoms with van der Waals surface area (Å²) in [5, 5.41) is 11.5. The molecule has 0 saturated carbocycles. The SMILES string of the molecule is COCCCN(CCOC)c1cnc(C(N)=NO)cn1. The van der Waals surface area contributed by atoms with Crippen molar-refractivity contribution in [3.63, 3.8) is 0 Å². The van der Waals surface area contributed by atoms with Gasteiger partial charge in [0.15, 0.2) is 5.84 Å². The van der Waals surface area contributed by atoms with Gasteiger partial charge in [-0.3, -0.25) is 0 Å². The van der Waals surface area contributed by atoms with Crippen LogP contribution in [0.1, 0.15) is 12.1 Å². The number of rotatable bonds is 9. The zero-order valence-corrected chi connectivity index (χ0v) is 11.8. The minimum Gasteiger partial charge on any atom is -0.409 e. The van der Waals surface area contributed by atoms with Crippen LogP contribution in [0.3, 0.4) is 0 Å². The third kappa shape index (κ3) is 4.98. The molecule has 8 heteroatoms. The minimum atomic E-state index is -0.0631. The van der Waals surface area contributed by atoms with Crippen LogP contribution in [-0.4, -0.2) is 61.5 Å². The summed E-state index contributed by atoms with van der Waals surface area (Å²) in [6.07, 6.45) is 3.94. The quantitative estimate of drug-likeness (QED) is 0.217. The molecule has 8 nitrogen and oxygen atoms in total. The molecule has 112 valence electrons. The minimum absolute atomic E-state index is 0.0631. The fraction of sp³-hybridized carbons (Fsp3) is 0.583. The van der Waals surface area contributed by atoms with Crippen molar-refractivity contribution >= 4 is 11.7 Å². The van der Waals surface area contributed by atoms with Gasteiger partial charge < -0.3 is 25.3 Å². The van der Waals surface area contributed by atoms with Gasteiger partial charge in [-0.1, -0.05) is 5.16 Å². The molecule has 1 heterocycles. The van der Waals surface area contributed by atoms with Crippen molar-refractivity contribution in [1.29, 1.82) is 0 Å². The predicted molar refractivity (Wildman–Crippen MR) is 75.1 cm³/mol. The van der Waals surface area contributed by atoms with Gasteiger partial charge >= 0.3 is 0 Å². The van der Waals surface area contributed by atoms with Crippen LogP contribution in [0.5, 0.6) is 0 Å². The van der Waals surface area contributed by atoms with Crippen molar-refractivity contribution in [1.82, 2.24) is 9.97 Å². The van der Waals surface area contributed by atoms with Gasteiger partial charge in [0.1, 0.15) is 11.5 Å². The molecular weight excluding hydrogens is 262 g/mol. The maximum Gasteiger partial charge on any atom is 0.190 e. The molecule has 0 radical (unpaired) electrons. The number of nitrogens with zero attached hydrogens (tertiary/aromatic N) is 4. The van der Waals surface area contributed by atoms with Crippen LogP contribution in [0.4, 0.5) is 5.82 Å². The Hall–Kier alpha value is -1.93. The maximum absolute atomic E-state index is 8.58. The van der Waals surface area contributed by atoms with Gasteiger partial charge in [-0.2, -0.15) is 0 Å². The van der Waals surface area contributed by atoms with E-state index in [1.807, 2.05) is 4.90 Å². The first-order valence-electron chi connectivity index (χ1n) is 6.25. The normalized spacial score (nSPS) is 11.6. The van der Waals surface area contributed by atoms with Crippen LogP contribution in [0.25, 0.3) is 0 Å². The van der Waals surface area contributed by atoms with Gasteiger partial charge in [0.2, 0.25) is 0 Å². The molecule has 3 N–H and O–H groups in total. The lowest BCUT2D eigenvalue weighted by atomic mass is 10.3. The number of hydrogen-bond donors (Lipinski definition) is 2. The number of aromatic nitrogens is 2. The Morgan fingerprint density at radius 1 is 1.25 bits per heavy atom. The zero-order valence-electron chi connectivity index (χ0n) is 11.8. The highest BCUT2D eigenvalue weighted by atomic mass is 16.5. The zero-order chi connectivity index (χ0) is 14.8. The van der Waals surface area contributed by atoms with Crippen LogP contribution in [0, 0.1) is 0 Å². The summed E-state index contributed by atoms with van der Waals surface area (Å²) in [6, 6.07) is 0. The lowest BCUT2D eigenvalue weighted by molar-refractivity contribution is 0.191. The van der Waals surface area contributed by atoms with E-state index in [9.17, 15) is 0 Å². The van der Waals surface area contributed by atoms with E-state index < -0.39 is 0 Å². The van der Waals surface area contributed by atoms with Gasteiger partial charge in [0.05, 0.1) is 19.0 Å². The summed E-state index contributed by atoms with van der Waals surface area (Å²) >= 11 is 0. The van der Waals surface area contributed by atoms with Crippen molar-refractivity contribution in [3.8, 4) is 0 Å². The van der Waals surface area contributed by atoms with Gasteiger partial charge in [-0.15, -0.1) is 0 Å². The predicted octanol–water partition coefficient (Wildman–Crippen LogP) is 0.0604. The summed E-state index contributed by atoms with van der Waals surface area (Å²) < 4.78 is 10.1. The van der Waals surface area contributed by atoms with E-state index in [-0.39, 0.29) is 5.84 Å². The van der Waals surface area contributed by atoms with Crippen LogP contribution >= 0.6 is 0 Å². The number of nitrogens with two attached hydrogens (primary N) is 1. The number of hydrogen-bond acceptors (Lipinski definition) is 7. The van der Waals surface area contributed by atoms with Crippen LogP contribution < -0.4 is 10.6 Å². The summed E-state index contributed by atoms with van der Waals surface area (Å²) in [4.78, 5) is 10.4. The second kappa shape index (κ2) is 9.05. The molecule has 1 aromatic heterocycles. The smallest absolute Gasteiger partial charge is 0.190 e. The Balaban J connectivity index is 2.73. The number of amidine groups is 1. The summed E-state index contributed by atoms with van der Waals surface area (Å²) in [5.41, 5.74) is 5.78. The summed E-state index contributed by atoms with van der Waals surface area (Å²) in [7, 11) is 3.33. The second-order valence-corrected chi connectivity index (χ2v) is 4.07. The molecule has 0 amide bonds. The van der Waals surface area contributed by atoms with Crippen LogP contribution in [0.2, 0.25) is 0 Å². The average molecular weight is 283 g/mol. The first kappa shape index (κ1) is 16.1. The van der Waals surface area contributed by atoms with E-state index in [1.54, 1.807) is 20.4 Å². The Kier molecular flexibility index (Phi) is 7.30. The molecule has 0 aliphatic heterocycles. The summed E-state index contributed by atoms with van der Waals surface area (Å²) in [5.74, 6) is 0.652. The Labute approximate surface area is 118 Å². The molecule has 0 aromatic carbocycles. The Bertz CT molecular complexity index is 410. The molecular formula is C12H21N5O3. The van der Waals surface area contributed by atoms with Gasteiger partial charge in [-0.25, -0.2) is 9.97 Å². The van der Waals surface area contributed by atoms with Crippen LogP contribution in [-0.2, 0) is 9.47 Å². The topological polar surface area (TPSA) is 106 Å². The van der Waals surface area contributed by atoms with Crippen molar-refractivity contribution in [3.05, 3.63) is 18.1 Å². The van der Waals surface area contributed by atoms with Crippen molar-refractivity contribution < 1.29 is 14.7 Å². The van der Waals surface area contributed by atoms with Crippen molar-refractivity contribution in [2.75, 3.05) is 45.4 Å². The first-order chi connectivity index (χ1) is 9.72. The molecule has 0 unspecified atom stereocenters. The van der Waals surface area contributed by atoms with E-state index in [2.05, 4.69) is 15.1 Å². The number of oxime groups is 1. The monoisotopic (exact) mass is 283 g/mol.